The summed E-state index contributed by atoms with van der Waals surface area (Å²) in [5.74, 6) is -1.63. The zero-order valence-electron chi connectivity index (χ0n) is 12.8. The zero-order valence-corrected chi connectivity index (χ0v) is 12.8. The van der Waals surface area contributed by atoms with Crippen LogP contribution in [0.1, 0.15) is 6.92 Å². The molecule has 128 valence electrons. The second-order valence-corrected chi connectivity index (χ2v) is 4.59. The highest BCUT2D eigenvalue weighted by Crippen LogP contribution is 2.17. The SMILES string of the molecule is C=C(C)C(=O)NNCC(=O)NCC(=O)Oc1ccc([N+](=O)[O-])cc1. The number of hydrazine groups is 1. The Morgan fingerprint density at radius 1 is 1.21 bits per heavy atom. The van der Waals surface area contributed by atoms with E-state index in [1.165, 1.54) is 31.2 Å². The Balaban J connectivity index is 2.30. The monoisotopic (exact) mass is 336 g/mol. The summed E-state index contributed by atoms with van der Waals surface area (Å²) in [5.41, 5.74) is 4.74. The normalized spacial score (nSPS) is 9.71. The molecule has 0 atom stereocenters. The van der Waals surface area contributed by atoms with Gasteiger partial charge in [0.2, 0.25) is 5.91 Å². The average Bonchev–Trinajstić information content (AvgIpc) is 2.53. The maximum absolute atomic E-state index is 11.5. The third-order valence-corrected chi connectivity index (χ3v) is 2.55. The van der Waals surface area contributed by atoms with E-state index in [9.17, 15) is 24.5 Å². The molecule has 0 fully saturated rings. The van der Waals surface area contributed by atoms with Crippen LogP contribution in [0.25, 0.3) is 0 Å². The van der Waals surface area contributed by atoms with Crippen LogP contribution in [-0.4, -0.2) is 35.8 Å². The fourth-order valence-corrected chi connectivity index (χ4v) is 1.35. The Labute approximate surface area is 137 Å². The first-order valence-electron chi connectivity index (χ1n) is 6.70. The lowest BCUT2D eigenvalue weighted by Crippen LogP contribution is -2.45. The molecule has 10 heteroatoms. The van der Waals surface area contributed by atoms with Gasteiger partial charge in [-0.3, -0.25) is 25.1 Å². The van der Waals surface area contributed by atoms with Crippen LogP contribution in [-0.2, 0) is 14.4 Å². The number of nitrogens with zero attached hydrogens (tertiary/aromatic N) is 1. The topological polar surface area (TPSA) is 140 Å². The fraction of sp³-hybridized carbons (Fsp3) is 0.214. The van der Waals surface area contributed by atoms with Crippen LogP contribution in [0.3, 0.4) is 0 Å². The molecule has 3 N–H and O–H groups in total. The molecule has 1 aromatic carbocycles. The number of hydrogen-bond donors (Lipinski definition) is 3. The largest absolute Gasteiger partial charge is 0.425 e. The van der Waals surface area contributed by atoms with E-state index >= 15 is 0 Å². The molecule has 10 nitrogen and oxygen atoms in total. The number of amides is 2. The van der Waals surface area contributed by atoms with Gasteiger partial charge in [-0.25, -0.2) is 10.2 Å². The number of non-ortho nitro benzene ring substituents is 1. The Kier molecular flexibility index (Phi) is 7.04. The molecule has 0 aliphatic rings. The number of hydrogen-bond acceptors (Lipinski definition) is 7. The van der Waals surface area contributed by atoms with Gasteiger partial charge >= 0.3 is 5.97 Å². The molecule has 0 saturated heterocycles. The average molecular weight is 336 g/mol. The van der Waals surface area contributed by atoms with Crippen molar-refractivity contribution in [1.29, 1.82) is 0 Å². The van der Waals surface area contributed by atoms with Crippen molar-refractivity contribution in [1.82, 2.24) is 16.2 Å². The number of esters is 1. The van der Waals surface area contributed by atoms with Crippen molar-refractivity contribution < 1.29 is 24.0 Å². The minimum Gasteiger partial charge on any atom is -0.425 e. The number of nitro groups is 1. The molecular formula is C14H16N4O6. The zero-order chi connectivity index (χ0) is 18.1. The van der Waals surface area contributed by atoms with Crippen molar-refractivity contribution >= 4 is 23.5 Å². The Morgan fingerprint density at radius 2 is 1.83 bits per heavy atom. The molecule has 0 aliphatic carbocycles. The van der Waals surface area contributed by atoms with Gasteiger partial charge < -0.3 is 10.1 Å². The standard InChI is InChI=1S/C14H16N4O6/c1-9(2)14(21)17-16-7-12(19)15-8-13(20)24-11-5-3-10(4-6-11)18(22)23/h3-6,16H,1,7-8H2,2H3,(H,15,19)(H,17,21). The Hall–Kier alpha value is -3.27. The summed E-state index contributed by atoms with van der Waals surface area (Å²) in [6.07, 6.45) is 0. The highest BCUT2D eigenvalue weighted by Gasteiger charge is 2.10. The molecule has 0 saturated carbocycles. The molecule has 0 aliphatic heterocycles. The number of nitro benzene ring substituents is 1. The van der Waals surface area contributed by atoms with Crippen LogP contribution in [0.2, 0.25) is 0 Å². The quantitative estimate of drug-likeness (QED) is 0.196. The summed E-state index contributed by atoms with van der Waals surface area (Å²) in [5, 5.41) is 12.8. The summed E-state index contributed by atoms with van der Waals surface area (Å²) in [6.45, 7) is 4.28. The van der Waals surface area contributed by atoms with Crippen molar-refractivity contribution in [3.05, 3.63) is 46.5 Å². The first-order chi connectivity index (χ1) is 11.3. The van der Waals surface area contributed by atoms with Gasteiger partial charge in [-0.2, -0.15) is 0 Å². The molecule has 1 rings (SSSR count). The van der Waals surface area contributed by atoms with Gasteiger partial charge in [-0.05, 0) is 19.1 Å². The van der Waals surface area contributed by atoms with Crippen molar-refractivity contribution in [2.45, 2.75) is 6.92 Å². The number of nitrogens with one attached hydrogen (secondary N) is 3. The summed E-state index contributed by atoms with van der Waals surface area (Å²) < 4.78 is 4.90. The van der Waals surface area contributed by atoms with Gasteiger partial charge in [0, 0.05) is 17.7 Å². The maximum Gasteiger partial charge on any atom is 0.330 e. The highest BCUT2D eigenvalue weighted by molar-refractivity contribution is 5.92. The molecule has 0 unspecified atom stereocenters. The molecule has 0 bridgehead atoms. The van der Waals surface area contributed by atoms with E-state index in [0.717, 1.165) is 0 Å². The van der Waals surface area contributed by atoms with Crippen LogP contribution >= 0.6 is 0 Å². The van der Waals surface area contributed by atoms with Gasteiger partial charge in [-0.15, -0.1) is 0 Å². The molecular weight excluding hydrogens is 320 g/mol. The second-order valence-electron chi connectivity index (χ2n) is 4.59. The third-order valence-electron chi connectivity index (χ3n) is 2.55. The highest BCUT2D eigenvalue weighted by atomic mass is 16.6. The number of carbonyl (C=O) groups is 3. The molecule has 0 radical (unpaired) electrons. The first kappa shape index (κ1) is 18.8. The van der Waals surface area contributed by atoms with Gasteiger partial charge in [0.15, 0.2) is 0 Å². The smallest absolute Gasteiger partial charge is 0.330 e. The first-order valence-corrected chi connectivity index (χ1v) is 6.70. The van der Waals surface area contributed by atoms with Crippen LogP contribution in [0.5, 0.6) is 5.75 Å². The van der Waals surface area contributed by atoms with Crippen molar-refractivity contribution in [3.8, 4) is 5.75 Å². The van der Waals surface area contributed by atoms with Crippen molar-refractivity contribution in [2.24, 2.45) is 0 Å². The van der Waals surface area contributed by atoms with Crippen LogP contribution < -0.4 is 20.9 Å². The summed E-state index contributed by atoms with van der Waals surface area (Å²) in [4.78, 5) is 44.0. The molecule has 24 heavy (non-hydrogen) atoms. The molecule has 0 heterocycles. The lowest BCUT2D eigenvalue weighted by Gasteiger charge is -2.08. The van der Waals surface area contributed by atoms with E-state index in [4.69, 9.17) is 4.74 Å². The van der Waals surface area contributed by atoms with Crippen LogP contribution in [0, 0.1) is 10.1 Å². The molecule has 2 amide bonds. The lowest BCUT2D eigenvalue weighted by molar-refractivity contribution is -0.384. The predicted molar refractivity (Wildman–Crippen MR) is 82.7 cm³/mol. The lowest BCUT2D eigenvalue weighted by atomic mass is 10.3. The number of rotatable bonds is 8. The number of benzene rings is 1. The maximum atomic E-state index is 11.5. The summed E-state index contributed by atoms with van der Waals surface area (Å²) in [7, 11) is 0. The Morgan fingerprint density at radius 3 is 2.38 bits per heavy atom. The second kappa shape index (κ2) is 9.00. The summed E-state index contributed by atoms with van der Waals surface area (Å²) >= 11 is 0. The van der Waals surface area contributed by atoms with Crippen LogP contribution in [0.15, 0.2) is 36.4 Å². The van der Waals surface area contributed by atoms with E-state index in [2.05, 4.69) is 22.7 Å². The Bertz CT molecular complexity index is 656. The van der Waals surface area contributed by atoms with E-state index in [1.807, 2.05) is 0 Å². The fourth-order valence-electron chi connectivity index (χ4n) is 1.35. The summed E-state index contributed by atoms with van der Waals surface area (Å²) in [6, 6.07) is 4.92. The van der Waals surface area contributed by atoms with Crippen molar-refractivity contribution in [2.75, 3.05) is 13.1 Å². The van der Waals surface area contributed by atoms with Crippen molar-refractivity contribution in [3.63, 3.8) is 0 Å². The van der Waals surface area contributed by atoms with Gasteiger partial charge in [-0.1, -0.05) is 6.58 Å². The van der Waals surface area contributed by atoms with Gasteiger partial charge in [0.25, 0.3) is 11.6 Å². The number of ether oxygens (including phenoxy) is 1. The predicted octanol–water partition coefficient (Wildman–Crippen LogP) is -0.187. The third kappa shape index (κ3) is 6.66. The molecule has 0 spiro atoms. The van der Waals surface area contributed by atoms with Gasteiger partial charge in [0.05, 0.1) is 11.5 Å². The molecule has 0 aromatic heterocycles. The van der Waals surface area contributed by atoms with E-state index in [0.29, 0.717) is 0 Å². The van der Waals surface area contributed by atoms with Crippen LogP contribution in [0.4, 0.5) is 5.69 Å². The number of carbonyl (C=O) groups excluding carboxylic acids is 3. The minimum atomic E-state index is -0.747. The minimum absolute atomic E-state index is 0.117. The van der Waals surface area contributed by atoms with E-state index in [-0.39, 0.29) is 23.6 Å². The van der Waals surface area contributed by atoms with E-state index in [1.54, 1.807) is 0 Å². The van der Waals surface area contributed by atoms with E-state index < -0.39 is 29.3 Å². The van der Waals surface area contributed by atoms with Gasteiger partial charge in [0.1, 0.15) is 12.3 Å². The molecule has 1 aromatic rings.